The van der Waals surface area contributed by atoms with Crippen molar-refractivity contribution in [3.8, 4) is 0 Å². The Labute approximate surface area is 111 Å². The van der Waals surface area contributed by atoms with Crippen molar-refractivity contribution in [1.29, 1.82) is 0 Å². The van der Waals surface area contributed by atoms with Crippen molar-refractivity contribution in [2.24, 2.45) is 0 Å². The molecular weight excluding hydrogens is 280 g/mol. The van der Waals surface area contributed by atoms with Gasteiger partial charge >= 0.3 is 0 Å². The molecule has 1 fully saturated rings. The van der Waals surface area contributed by atoms with Crippen molar-refractivity contribution in [1.82, 2.24) is 0 Å². The molecule has 17 heavy (non-hydrogen) atoms. The van der Waals surface area contributed by atoms with Crippen LogP contribution in [-0.2, 0) is 11.2 Å². The van der Waals surface area contributed by atoms with Gasteiger partial charge in [0.1, 0.15) is 0 Å². The molecule has 0 aromatic heterocycles. The highest BCUT2D eigenvalue weighted by atomic mass is 79.9. The summed E-state index contributed by atoms with van der Waals surface area (Å²) in [6.45, 7) is 4.06. The number of rotatable bonds is 2. The number of benzene rings is 1. The second kappa shape index (κ2) is 5.09. The Bertz CT molecular complexity index is 382. The van der Waals surface area contributed by atoms with E-state index in [1.807, 2.05) is 32.0 Å². The van der Waals surface area contributed by atoms with Crippen molar-refractivity contribution >= 4 is 15.9 Å². The van der Waals surface area contributed by atoms with E-state index in [1.54, 1.807) is 0 Å². The Kier molecular flexibility index (Phi) is 3.91. The predicted molar refractivity (Wildman–Crippen MR) is 72.0 cm³/mol. The third-order valence-corrected chi connectivity index (χ3v) is 4.05. The maximum Gasteiger partial charge on any atom is 0.0737 e. The largest absolute Gasteiger partial charge is 0.389 e. The van der Waals surface area contributed by atoms with Crippen LogP contribution in [0.1, 0.15) is 32.3 Å². The van der Waals surface area contributed by atoms with E-state index in [0.29, 0.717) is 19.3 Å². The van der Waals surface area contributed by atoms with Crippen LogP contribution in [0.15, 0.2) is 28.7 Å². The van der Waals surface area contributed by atoms with Crippen molar-refractivity contribution in [2.75, 3.05) is 0 Å². The van der Waals surface area contributed by atoms with Gasteiger partial charge in [0.25, 0.3) is 0 Å². The first-order valence-corrected chi connectivity index (χ1v) is 6.89. The highest BCUT2D eigenvalue weighted by molar-refractivity contribution is 9.10. The topological polar surface area (TPSA) is 29.5 Å². The molecule has 0 amide bonds. The summed E-state index contributed by atoms with van der Waals surface area (Å²) in [6.07, 6.45) is 2.36. The molecule has 1 aliphatic rings. The minimum absolute atomic E-state index is 0.131. The normalized spacial score (nSPS) is 33.6. The molecule has 94 valence electrons. The summed E-state index contributed by atoms with van der Waals surface area (Å²) in [5, 5.41) is 10.7. The summed E-state index contributed by atoms with van der Waals surface area (Å²) in [5.74, 6) is 0. The molecule has 0 saturated carbocycles. The van der Waals surface area contributed by atoms with Crippen LogP contribution >= 0.6 is 15.9 Å². The van der Waals surface area contributed by atoms with Gasteiger partial charge in [0, 0.05) is 23.7 Å². The van der Waals surface area contributed by atoms with Crippen molar-refractivity contribution < 1.29 is 9.84 Å². The van der Waals surface area contributed by atoms with E-state index in [2.05, 4.69) is 22.0 Å². The van der Waals surface area contributed by atoms with Crippen molar-refractivity contribution in [3.63, 3.8) is 0 Å². The van der Waals surface area contributed by atoms with Gasteiger partial charge in [-0.2, -0.15) is 0 Å². The first kappa shape index (κ1) is 13.1. The number of hydrogen-bond donors (Lipinski definition) is 1. The van der Waals surface area contributed by atoms with Crippen LogP contribution in [0.2, 0.25) is 0 Å². The van der Waals surface area contributed by atoms with E-state index in [1.165, 1.54) is 0 Å². The Balaban J connectivity index is 2.14. The number of ether oxygens (including phenoxy) is 1. The van der Waals surface area contributed by atoms with E-state index < -0.39 is 5.60 Å². The lowest BCUT2D eigenvalue weighted by atomic mass is 9.82. The van der Waals surface area contributed by atoms with Crippen LogP contribution in [0.25, 0.3) is 0 Å². The fourth-order valence-corrected chi connectivity index (χ4v) is 3.21. The van der Waals surface area contributed by atoms with E-state index in [-0.39, 0.29) is 12.2 Å². The average Bonchev–Trinajstić information content (AvgIpc) is 2.19. The molecule has 0 radical (unpaired) electrons. The molecule has 0 bridgehead atoms. The molecule has 1 aliphatic heterocycles. The second-order valence-electron chi connectivity index (χ2n) is 5.16. The lowest BCUT2D eigenvalue weighted by Crippen LogP contribution is -2.44. The van der Waals surface area contributed by atoms with Gasteiger partial charge in [-0.3, -0.25) is 0 Å². The van der Waals surface area contributed by atoms with Crippen molar-refractivity contribution in [3.05, 3.63) is 34.3 Å². The van der Waals surface area contributed by atoms with Crippen LogP contribution in [-0.4, -0.2) is 22.9 Å². The fraction of sp³-hybridized carbons (Fsp3) is 0.571. The molecule has 1 N–H and O–H groups in total. The highest BCUT2D eigenvalue weighted by Crippen LogP contribution is 2.33. The van der Waals surface area contributed by atoms with Gasteiger partial charge in [0.15, 0.2) is 0 Å². The third-order valence-electron chi connectivity index (χ3n) is 3.28. The van der Waals surface area contributed by atoms with Gasteiger partial charge in [0.05, 0.1) is 17.8 Å². The minimum atomic E-state index is -0.638. The zero-order chi connectivity index (χ0) is 12.5. The summed E-state index contributed by atoms with van der Waals surface area (Å²) in [7, 11) is 0. The van der Waals surface area contributed by atoms with E-state index in [0.717, 1.165) is 10.0 Å². The lowest BCUT2D eigenvalue weighted by molar-refractivity contribution is -0.130. The molecule has 3 heteroatoms. The standard InChI is InChI=1S/C14H19BrO2/c1-10-7-14(16,8-11(2)17-10)9-12-5-3-4-6-13(12)15/h3-6,10-11,16H,7-9H2,1-2H3. The summed E-state index contributed by atoms with van der Waals surface area (Å²) < 4.78 is 6.75. The summed E-state index contributed by atoms with van der Waals surface area (Å²) in [5.41, 5.74) is 0.525. The number of aliphatic hydroxyl groups is 1. The molecule has 2 rings (SSSR count). The van der Waals surface area contributed by atoms with Crippen molar-refractivity contribution in [2.45, 2.75) is 50.9 Å². The van der Waals surface area contributed by atoms with Gasteiger partial charge in [-0.15, -0.1) is 0 Å². The molecule has 1 aromatic carbocycles. The van der Waals surface area contributed by atoms with Gasteiger partial charge < -0.3 is 9.84 Å². The average molecular weight is 299 g/mol. The number of hydrogen-bond acceptors (Lipinski definition) is 2. The zero-order valence-electron chi connectivity index (χ0n) is 10.3. The van der Waals surface area contributed by atoms with Gasteiger partial charge in [-0.25, -0.2) is 0 Å². The third kappa shape index (κ3) is 3.30. The Hall–Kier alpha value is -0.380. The van der Waals surface area contributed by atoms with Crippen LogP contribution in [0.5, 0.6) is 0 Å². The first-order valence-electron chi connectivity index (χ1n) is 6.10. The summed E-state index contributed by atoms with van der Waals surface area (Å²) in [4.78, 5) is 0. The SMILES string of the molecule is CC1CC(O)(Cc2ccccc2Br)CC(C)O1. The molecular formula is C14H19BrO2. The fourth-order valence-electron chi connectivity index (χ4n) is 2.79. The van der Waals surface area contributed by atoms with Gasteiger partial charge in [0.2, 0.25) is 0 Å². The molecule has 0 spiro atoms. The maximum absolute atomic E-state index is 10.7. The lowest BCUT2D eigenvalue weighted by Gasteiger charge is -2.39. The quantitative estimate of drug-likeness (QED) is 0.908. The molecule has 2 unspecified atom stereocenters. The van der Waals surface area contributed by atoms with Crippen LogP contribution in [0.3, 0.4) is 0 Å². The van der Waals surface area contributed by atoms with Crippen LogP contribution < -0.4 is 0 Å². The summed E-state index contributed by atoms with van der Waals surface area (Å²) >= 11 is 3.54. The molecule has 1 heterocycles. The smallest absolute Gasteiger partial charge is 0.0737 e. The highest BCUT2D eigenvalue weighted by Gasteiger charge is 2.37. The molecule has 2 nitrogen and oxygen atoms in total. The Morgan fingerprint density at radius 1 is 1.29 bits per heavy atom. The molecule has 2 atom stereocenters. The zero-order valence-corrected chi connectivity index (χ0v) is 11.9. The van der Waals surface area contributed by atoms with E-state index in [9.17, 15) is 5.11 Å². The minimum Gasteiger partial charge on any atom is -0.389 e. The monoisotopic (exact) mass is 298 g/mol. The maximum atomic E-state index is 10.7. The molecule has 0 aliphatic carbocycles. The first-order chi connectivity index (χ1) is 7.98. The second-order valence-corrected chi connectivity index (χ2v) is 6.01. The van der Waals surface area contributed by atoms with E-state index >= 15 is 0 Å². The summed E-state index contributed by atoms with van der Waals surface area (Å²) in [6, 6.07) is 8.08. The molecule has 1 aromatic rings. The van der Waals surface area contributed by atoms with Crippen LogP contribution in [0.4, 0.5) is 0 Å². The van der Waals surface area contributed by atoms with E-state index in [4.69, 9.17) is 4.74 Å². The number of halogens is 1. The Morgan fingerprint density at radius 3 is 2.47 bits per heavy atom. The predicted octanol–water partition coefficient (Wildman–Crippen LogP) is 3.31. The van der Waals surface area contributed by atoms with Gasteiger partial charge in [-0.05, 0) is 25.5 Å². The van der Waals surface area contributed by atoms with Crippen LogP contribution in [0, 0.1) is 0 Å². The Morgan fingerprint density at radius 2 is 1.88 bits per heavy atom. The molecule has 1 saturated heterocycles. The van der Waals surface area contributed by atoms with Gasteiger partial charge in [-0.1, -0.05) is 34.1 Å².